The molecule has 0 saturated heterocycles. The van der Waals surface area contributed by atoms with Crippen LogP contribution in [0.4, 0.5) is 3.89 Å². The summed E-state index contributed by atoms with van der Waals surface area (Å²) >= 11 is 0. The van der Waals surface area contributed by atoms with Crippen molar-refractivity contribution in [3.63, 3.8) is 0 Å². The third-order valence-corrected chi connectivity index (χ3v) is 4.03. The summed E-state index contributed by atoms with van der Waals surface area (Å²) in [5, 5.41) is 0. The van der Waals surface area contributed by atoms with Crippen LogP contribution in [0, 0.1) is 18.4 Å². The quantitative estimate of drug-likeness (QED) is 0.342. The van der Waals surface area contributed by atoms with E-state index in [0.29, 0.717) is 11.1 Å². The first-order chi connectivity index (χ1) is 11.1. The van der Waals surface area contributed by atoms with Crippen molar-refractivity contribution in [3.8, 4) is 17.2 Å². The fourth-order valence-electron chi connectivity index (χ4n) is 1.78. The maximum atomic E-state index is 12.9. The Morgan fingerprint density at radius 2 is 1.76 bits per heavy atom. The summed E-state index contributed by atoms with van der Waals surface area (Å²) in [7, 11) is -6.94. The standard InChI is InChI=1S/C17H23FO5SSi/c1-12-13(8-9-25(5,6)7)10-14(23-24(18,20)21)11-15(12)16(19)22-17(2,3)4/h10-11H,1-7H3. The van der Waals surface area contributed by atoms with Crippen molar-refractivity contribution in [1.82, 2.24) is 0 Å². The van der Waals surface area contributed by atoms with E-state index < -0.39 is 30.1 Å². The Bertz CT molecular complexity index is 837. The van der Waals surface area contributed by atoms with Gasteiger partial charge in [-0.05, 0) is 45.4 Å². The van der Waals surface area contributed by atoms with E-state index in [4.69, 9.17) is 4.74 Å². The van der Waals surface area contributed by atoms with Crippen LogP contribution in [-0.4, -0.2) is 28.1 Å². The summed E-state index contributed by atoms with van der Waals surface area (Å²) in [6, 6.07) is 2.44. The summed E-state index contributed by atoms with van der Waals surface area (Å²) in [5.41, 5.74) is 3.37. The second kappa shape index (κ2) is 7.18. The van der Waals surface area contributed by atoms with E-state index >= 15 is 0 Å². The summed E-state index contributed by atoms with van der Waals surface area (Å²) in [6.07, 6.45) is 0. The van der Waals surface area contributed by atoms with Crippen molar-refractivity contribution in [2.45, 2.75) is 52.9 Å². The molecule has 138 valence electrons. The van der Waals surface area contributed by atoms with Crippen molar-refractivity contribution >= 4 is 24.5 Å². The first-order valence-electron chi connectivity index (χ1n) is 7.63. The molecule has 0 radical (unpaired) electrons. The van der Waals surface area contributed by atoms with Crippen molar-refractivity contribution in [3.05, 3.63) is 28.8 Å². The van der Waals surface area contributed by atoms with Crippen molar-refractivity contribution in [2.75, 3.05) is 0 Å². The zero-order chi connectivity index (χ0) is 19.6. The number of halogens is 1. The van der Waals surface area contributed by atoms with Crippen molar-refractivity contribution in [2.24, 2.45) is 0 Å². The minimum Gasteiger partial charge on any atom is -0.456 e. The highest BCUT2D eigenvalue weighted by Crippen LogP contribution is 2.25. The molecule has 0 aliphatic rings. The van der Waals surface area contributed by atoms with Gasteiger partial charge in [0, 0.05) is 5.56 Å². The number of rotatable bonds is 3. The number of esters is 1. The van der Waals surface area contributed by atoms with Crippen LogP contribution < -0.4 is 4.18 Å². The van der Waals surface area contributed by atoms with Crippen LogP contribution in [0.25, 0.3) is 0 Å². The first-order valence-corrected chi connectivity index (χ1v) is 12.4. The second-order valence-corrected chi connectivity index (χ2v) is 13.3. The molecule has 8 heteroatoms. The minimum absolute atomic E-state index is 0.0796. The molecule has 0 aliphatic heterocycles. The molecular formula is C17H23FO5SSi. The van der Waals surface area contributed by atoms with Crippen LogP contribution >= 0.6 is 0 Å². The van der Waals surface area contributed by atoms with Gasteiger partial charge in [0.1, 0.15) is 19.4 Å². The Hall–Kier alpha value is -1.85. The van der Waals surface area contributed by atoms with Gasteiger partial charge in [-0.1, -0.05) is 29.4 Å². The van der Waals surface area contributed by atoms with Gasteiger partial charge in [0.2, 0.25) is 0 Å². The van der Waals surface area contributed by atoms with E-state index in [1.807, 2.05) is 19.6 Å². The fraction of sp³-hybridized carbons (Fsp3) is 0.471. The lowest BCUT2D eigenvalue weighted by Gasteiger charge is -2.20. The molecular weight excluding hydrogens is 363 g/mol. The molecule has 0 spiro atoms. The lowest BCUT2D eigenvalue weighted by atomic mass is 10.0. The lowest BCUT2D eigenvalue weighted by molar-refractivity contribution is 0.00683. The van der Waals surface area contributed by atoms with Gasteiger partial charge in [-0.15, -0.1) is 5.54 Å². The average Bonchev–Trinajstić information content (AvgIpc) is 2.34. The number of hydrogen-bond acceptors (Lipinski definition) is 5. The van der Waals surface area contributed by atoms with E-state index in [1.54, 1.807) is 27.7 Å². The molecule has 0 heterocycles. The van der Waals surface area contributed by atoms with Gasteiger partial charge in [-0.2, -0.15) is 8.42 Å². The molecule has 0 saturated carbocycles. The van der Waals surface area contributed by atoms with Gasteiger partial charge < -0.3 is 8.92 Å². The van der Waals surface area contributed by atoms with Crippen LogP contribution in [0.15, 0.2) is 12.1 Å². The highest BCUT2D eigenvalue weighted by Gasteiger charge is 2.23. The van der Waals surface area contributed by atoms with Crippen LogP contribution in [-0.2, 0) is 15.2 Å². The monoisotopic (exact) mass is 386 g/mol. The Labute approximate surface area is 150 Å². The Kier molecular flexibility index (Phi) is 6.08. The van der Waals surface area contributed by atoms with E-state index in [-0.39, 0.29) is 11.3 Å². The molecule has 0 aliphatic carbocycles. The molecule has 5 nitrogen and oxygen atoms in total. The second-order valence-electron chi connectivity index (χ2n) is 7.62. The summed E-state index contributed by atoms with van der Waals surface area (Å²) in [5.74, 6) is 1.95. The SMILES string of the molecule is Cc1c(C#C[Si](C)(C)C)cc(OS(=O)(=O)F)cc1C(=O)OC(C)(C)C. The van der Waals surface area contributed by atoms with Crippen molar-refractivity contribution < 1.29 is 26.0 Å². The normalized spacial score (nSPS) is 12.2. The van der Waals surface area contributed by atoms with Gasteiger partial charge >= 0.3 is 16.5 Å². The van der Waals surface area contributed by atoms with Gasteiger partial charge in [0.05, 0.1) is 5.56 Å². The summed E-state index contributed by atoms with van der Waals surface area (Å²) < 4.78 is 44.1. The predicted octanol–water partition coefficient (Wildman–Crippen LogP) is 3.77. The average molecular weight is 387 g/mol. The van der Waals surface area contributed by atoms with Crippen molar-refractivity contribution in [1.29, 1.82) is 0 Å². The molecule has 0 atom stereocenters. The molecule has 0 amide bonds. The molecule has 0 N–H and O–H groups in total. The summed E-state index contributed by atoms with van der Waals surface area (Å²) in [4.78, 5) is 12.4. The predicted molar refractivity (Wildman–Crippen MR) is 97.2 cm³/mol. The third kappa shape index (κ3) is 7.71. The molecule has 0 fully saturated rings. The molecule has 0 bridgehead atoms. The Morgan fingerprint density at radius 1 is 1.20 bits per heavy atom. The van der Waals surface area contributed by atoms with E-state index in [1.165, 1.54) is 6.07 Å². The number of ether oxygens (including phenoxy) is 1. The zero-order valence-electron chi connectivity index (χ0n) is 15.5. The molecule has 1 aromatic rings. The van der Waals surface area contributed by atoms with Gasteiger partial charge in [0.15, 0.2) is 0 Å². The molecule has 1 aromatic carbocycles. The lowest BCUT2D eigenvalue weighted by Crippen LogP contribution is -2.24. The van der Waals surface area contributed by atoms with E-state index in [9.17, 15) is 17.1 Å². The first kappa shape index (κ1) is 21.2. The molecule has 1 rings (SSSR count). The Balaban J connectivity index is 3.51. The highest BCUT2D eigenvalue weighted by atomic mass is 32.3. The van der Waals surface area contributed by atoms with Gasteiger partial charge in [-0.25, -0.2) is 4.79 Å². The number of carbonyl (C=O) groups is 1. The van der Waals surface area contributed by atoms with Gasteiger partial charge in [-0.3, -0.25) is 0 Å². The zero-order valence-corrected chi connectivity index (χ0v) is 17.3. The van der Waals surface area contributed by atoms with Crippen LogP contribution in [0.1, 0.15) is 42.3 Å². The molecule has 0 unspecified atom stereocenters. The smallest absolute Gasteiger partial charge is 0.456 e. The van der Waals surface area contributed by atoms with E-state index in [2.05, 4.69) is 15.6 Å². The van der Waals surface area contributed by atoms with Gasteiger partial charge in [0.25, 0.3) is 0 Å². The van der Waals surface area contributed by atoms with Crippen LogP contribution in [0.5, 0.6) is 5.75 Å². The molecule has 25 heavy (non-hydrogen) atoms. The van der Waals surface area contributed by atoms with Crippen LogP contribution in [0.3, 0.4) is 0 Å². The largest absolute Gasteiger partial charge is 0.488 e. The Morgan fingerprint density at radius 3 is 2.20 bits per heavy atom. The minimum atomic E-state index is -5.22. The van der Waals surface area contributed by atoms with Crippen LogP contribution in [0.2, 0.25) is 19.6 Å². The molecule has 0 aromatic heterocycles. The number of benzene rings is 1. The van der Waals surface area contributed by atoms with E-state index in [0.717, 1.165) is 6.07 Å². The maximum Gasteiger partial charge on any atom is 0.488 e. The summed E-state index contributed by atoms with van der Waals surface area (Å²) in [6.45, 7) is 12.9. The number of hydrogen-bond donors (Lipinski definition) is 0. The topological polar surface area (TPSA) is 69.7 Å². The maximum absolute atomic E-state index is 12.9. The number of carbonyl (C=O) groups excluding carboxylic acids is 1. The highest BCUT2D eigenvalue weighted by molar-refractivity contribution is 7.81. The fourth-order valence-corrected chi connectivity index (χ4v) is 2.62. The third-order valence-electron chi connectivity index (χ3n) is 2.77.